The highest BCUT2D eigenvalue weighted by atomic mass is 16.6. The number of nitrogens with one attached hydrogen (secondary N) is 2. The smallest absolute Gasteiger partial charge is 0.348 e. The molecule has 1 amide bonds. The maximum absolute atomic E-state index is 13.8. The molecule has 222 valence electrons. The Morgan fingerprint density at radius 1 is 0.921 bits per heavy atom. The average molecular weight is 546 g/mol. The fraction of sp³-hybridized carbons (Fsp3) is 0.852. The Kier molecular flexibility index (Phi) is 15.9. The topological polar surface area (TPSA) is 165 Å². The normalized spacial score (nSPS) is 18.0. The van der Waals surface area contributed by atoms with Crippen LogP contribution in [0.5, 0.6) is 0 Å². The molecule has 38 heavy (non-hydrogen) atoms. The van der Waals surface area contributed by atoms with Crippen LogP contribution in [-0.4, -0.2) is 101 Å². The maximum Gasteiger partial charge on any atom is 0.348 e. The van der Waals surface area contributed by atoms with Crippen molar-refractivity contribution in [1.82, 2.24) is 15.5 Å². The van der Waals surface area contributed by atoms with Gasteiger partial charge in [-0.3, -0.25) is 14.4 Å². The summed E-state index contributed by atoms with van der Waals surface area (Å²) >= 11 is 0. The van der Waals surface area contributed by atoms with Crippen molar-refractivity contribution in [1.29, 1.82) is 0 Å². The molecule has 0 aromatic heterocycles. The zero-order valence-corrected chi connectivity index (χ0v) is 24.6. The van der Waals surface area contributed by atoms with Gasteiger partial charge in [-0.1, -0.05) is 27.2 Å². The molecule has 0 radical (unpaired) electrons. The van der Waals surface area contributed by atoms with E-state index in [9.17, 15) is 34.5 Å². The van der Waals surface area contributed by atoms with Crippen LogP contribution in [0, 0.1) is 11.8 Å². The van der Waals surface area contributed by atoms with Crippen LogP contribution in [0.25, 0.3) is 0 Å². The van der Waals surface area contributed by atoms with Crippen molar-refractivity contribution in [2.75, 3.05) is 21.1 Å². The van der Waals surface area contributed by atoms with E-state index < -0.39 is 66.5 Å². The van der Waals surface area contributed by atoms with Crippen molar-refractivity contribution in [2.24, 2.45) is 11.8 Å². The number of ketones is 1. The van der Waals surface area contributed by atoms with Crippen LogP contribution in [0.2, 0.25) is 0 Å². The average Bonchev–Trinajstić information content (AvgIpc) is 2.80. The number of Topliss-reactive ketones (excluding diaryl/α,β-unsaturated/α-hetero) is 1. The van der Waals surface area contributed by atoms with Gasteiger partial charge in [0.25, 0.3) is 0 Å². The number of carbonyl (C=O) groups excluding carboxylic acids is 3. The van der Waals surface area contributed by atoms with Crippen molar-refractivity contribution in [3.63, 3.8) is 0 Å². The Balaban J connectivity index is 6.36. The highest BCUT2D eigenvalue weighted by Crippen LogP contribution is 2.29. The van der Waals surface area contributed by atoms with E-state index >= 15 is 0 Å². The van der Waals surface area contributed by atoms with Gasteiger partial charge in [-0.05, 0) is 66.0 Å². The number of likely N-dealkylation sites (N-methyl/N-ethyl adjacent to an activating group) is 3. The van der Waals surface area contributed by atoms with Crippen molar-refractivity contribution in [2.45, 2.75) is 116 Å². The van der Waals surface area contributed by atoms with Crippen molar-refractivity contribution >= 4 is 23.6 Å². The molecule has 0 aromatic carbocycles. The first-order valence-corrected chi connectivity index (χ1v) is 13.5. The van der Waals surface area contributed by atoms with Gasteiger partial charge in [0.1, 0.15) is 6.04 Å². The summed E-state index contributed by atoms with van der Waals surface area (Å²) in [5.74, 6) is -3.58. The highest BCUT2D eigenvalue weighted by molar-refractivity contribution is 5.95. The summed E-state index contributed by atoms with van der Waals surface area (Å²) in [6.45, 7) is 10.3. The fourth-order valence-corrected chi connectivity index (χ4v) is 4.66. The van der Waals surface area contributed by atoms with Crippen LogP contribution in [0.15, 0.2) is 0 Å². The summed E-state index contributed by atoms with van der Waals surface area (Å²) in [7, 11) is 4.67. The van der Waals surface area contributed by atoms with Crippen LogP contribution < -0.4 is 10.6 Å². The standard InChI is InChI=1S/C27H51N3O8/c1-16(2)13-21(29-8)25(35)38-27(26(36)37,14-19(5)32)15-22(33)23(17(3)11-10-12-18(4)31)30(9)24(34)20(6)28-7/h16-21,23,28-29,31-32H,10-15H2,1-9H3,(H,36,37)/t17-,18?,19?,20+,21+,23-,27?/m1/s1. The first kappa shape index (κ1) is 35.9. The van der Waals surface area contributed by atoms with Crippen LogP contribution in [0.4, 0.5) is 0 Å². The number of nitrogens with zero attached hydrogens (tertiary/aromatic N) is 1. The number of ether oxygens (including phenoxy) is 1. The number of carboxylic acids is 1. The molecule has 0 aromatic rings. The molecule has 0 bridgehead atoms. The Labute approximate surface area is 227 Å². The monoisotopic (exact) mass is 545 g/mol. The molecule has 0 saturated carbocycles. The summed E-state index contributed by atoms with van der Waals surface area (Å²) in [6.07, 6.45) is -0.922. The number of amides is 1. The molecular weight excluding hydrogens is 494 g/mol. The lowest BCUT2D eigenvalue weighted by molar-refractivity contribution is -0.186. The highest BCUT2D eigenvalue weighted by Gasteiger charge is 2.49. The molecule has 0 aliphatic rings. The molecule has 5 N–H and O–H groups in total. The number of hydrogen-bond donors (Lipinski definition) is 5. The number of aliphatic hydroxyl groups is 2. The van der Waals surface area contributed by atoms with Gasteiger partial charge in [0.05, 0.1) is 30.7 Å². The lowest BCUT2D eigenvalue weighted by Crippen LogP contribution is -2.56. The van der Waals surface area contributed by atoms with E-state index in [0.717, 1.165) is 0 Å². The minimum atomic E-state index is -2.31. The van der Waals surface area contributed by atoms with Crippen LogP contribution in [-0.2, 0) is 23.9 Å². The van der Waals surface area contributed by atoms with Crippen LogP contribution >= 0.6 is 0 Å². The molecule has 11 heteroatoms. The van der Waals surface area contributed by atoms with Gasteiger partial charge in [0.15, 0.2) is 5.78 Å². The Morgan fingerprint density at radius 3 is 1.92 bits per heavy atom. The third-order valence-electron chi connectivity index (χ3n) is 6.83. The molecule has 0 fully saturated rings. The number of hydrogen-bond acceptors (Lipinski definition) is 9. The first-order chi connectivity index (χ1) is 17.5. The number of aliphatic hydroxyl groups excluding tert-OH is 2. The van der Waals surface area contributed by atoms with Gasteiger partial charge in [-0.25, -0.2) is 4.79 Å². The van der Waals surface area contributed by atoms with E-state index in [4.69, 9.17) is 4.74 Å². The molecule has 3 unspecified atom stereocenters. The minimum Gasteiger partial charge on any atom is -0.478 e. The molecule has 0 aliphatic heterocycles. The van der Waals surface area contributed by atoms with E-state index in [0.29, 0.717) is 25.7 Å². The lowest BCUT2D eigenvalue weighted by Gasteiger charge is -2.37. The maximum atomic E-state index is 13.8. The summed E-state index contributed by atoms with van der Waals surface area (Å²) in [5, 5.41) is 35.7. The summed E-state index contributed by atoms with van der Waals surface area (Å²) in [4.78, 5) is 53.8. The van der Waals surface area contributed by atoms with E-state index in [2.05, 4.69) is 10.6 Å². The third kappa shape index (κ3) is 11.3. The zero-order chi connectivity index (χ0) is 29.8. The van der Waals surface area contributed by atoms with Crippen molar-refractivity contribution in [3.05, 3.63) is 0 Å². The second-order valence-electron chi connectivity index (χ2n) is 11.0. The number of aliphatic carboxylic acids is 1. The summed E-state index contributed by atoms with van der Waals surface area (Å²) in [5.41, 5.74) is -2.31. The molecular formula is C27H51N3O8. The van der Waals surface area contributed by atoms with Gasteiger partial charge < -0.3 is 35.6 Å². The van der Waals surface area contributed by atoms with Gasteiger partial charge >= 0.3 is 11.9 Å². The predicted molar refractivity (Wildman–Crippen MR) is 144 cm³/mol. The Bertz CT molecular complexity index is 773. The number of rotatable bonds is 19. The van der Waals surface area contributed by atoms with E-state index in [1.165, 1.54) is 18.9 Å². The van der Waals surface area contributed by atoms with Gasteiger partial charge in [-0.15, -0.1) is 0 Å². The molecule has 0 aliphatic carbocycles. The van der Waals surface area contributed by atoms with Gasteiger partial charge in [0, 0.05) is 13.5 Å². The summed E-state index contributed by atoms with van der Waals surface area (Å²) < 4.78 is 5.56. The second kappa shape index (κ2) is 16.8. The van der Waals surface area contributed by atoms with Crippen LogP contribution in [0.3, 0.4) is 0 Å². The van der Waals surface area contributed by atoms with Crippen LogP contribution in [0.1, 0.15) is 80.1 Å². The quantitative estimate of drug-likeness (QED) is 0.150. The van der Waals surface area contributed by atoms with Gasteiger partial charge in [-0.2, -0.15) is 0 Å². The van der Waals surface area contributed by atoms with E-state index in [1.54, 1.807) is 34.9 Å². The third-order valence-corrected chi connectivity index (χ3v) is 6.83. The molecule has 11 nitrogen and oxygen atoms in total. The SMILES string of the molecule is CN[C@@H](C)C(=O)N(C)[C@@H](C(=O)CC(CC(C)O)(OC(=O)[C@H](CC(C)C)NC)C(=O)O)[C@H](C)CCCC(C)O. The molecule has 0 saturated heterocycles. The Morgan fingerprint density at radius 2 is 1.50 bits per heavy atom. The number of carboxylic acid groups (broad SMARTS) is 1. The van der Waals surface area contributed by atoms with Gasteiger partial charge in [0.2, 0.25) is 11.5 Å². The van der Waals surface area contributed by atoms with E-state index in [-0.39, 0.29) is 17.7 Å². The molecule has 0 heterocycles. The van der Waals surface area contributed by atoms with Crippen molar-refractivity contribution in [3.8, 4) is 0 Å². The molecule has 0 spiro atoms. The zero-order valence-electron chi connectivity index (χ0n) is 24.6. The first-order valence-electron chi connectivity index (χ1n) is 13.5. The second-order valence-corrected chi connectivity index (χ2v) is 11.0. The number of carbonyl (C=O) groups is 4. The fourth-order valence-electron chi connectivity index (χ4n) is 4.66. The minimum absolute atomic E-state index is 0.110. The largest absolute Gasteiger partial charge is 0.478 e. The molecule has 7 atom stereocenters. The summed E-state index contributed by atoms with van der Waals surface area (Å²) in [6, 6.07) is -2.39. The molecule has 0 rings (SSSR count). The van der Waals surface area contributed by atoms with Crippen molar-refractivity contribution < 1.29 is 39.2 Å². The predicted octanol–water partition coefficient (Wildman–Crippen LogP) is 1.34. The van der Waals surface area contributed by atoms with E-state index in [1.807, 2.05) is 13.8 Å². The Hall–Kier alpha value is -2.08. The lowest BCUT2D eigenvalue weighted by atomic mass is 9.83. The number of esters is 1.